The van der Waals surface area contributed by atoms with Gasteiger partial charge in [-0.05, 0) is 19.1 Å². The second-order valence-electron chi connectivity index (χ2n) is 6.26. The van der Waals surface area contributed by atoms with E-state index in [0.29, 0.717) is 0 Å². The van der Waals surface area contributed by atoms with Crippen molar-refractivity contribution in [3.8, 4) is 5.88 Å². The van der Waals surface area contributed by atoms with Crippen molar-refractivity contribution in [2.75, 3.05) is 18.8 Å². The number of ether oxygens (including phenoxy) is 1. The lowest BCUT2D eigenvalue weighted by molar-refractivity contribution is 0.0895. The van der Waals surface area contributed by atoms with Crippen LogP contribution < -0.4 is 4.74 Å². The zero-order valence-corrected chi connectivity index (χ0v) is 14.5. The zero-order chi connectivity index (χ0) is 15.9. The van der Waals surface area contributed by atoms with Crippen LogP contribution in [0.4, 0.5) is 4.39 Å². The van der Waals surface area contributed by atoms with Gasteiger partial charge in [0.1, 0.15) is 11.1 Å². The summed E-state index contributed by atoms with van der Waals surface area (Å²) >= 11 is 3.68. The first-order valence-corrected chi connectivity index (χ1v) is 9.53. The molecule has 0 unspecified atom stereocenters. The summed E-state index contributed by atoms with van der Waals surface area (Å²) in [7, 11) is 0. The Morgan fingerprint density at radius 3 is 3.09 bits per heavy atom. The first-order chi connectivity index (χ1) is 11.1. The number of aromatic nitrogens is 2. The van der Waals surface area contributed by atoms with Crippen LogP contribution in [0.5, 0.6) is 5.88 Å². The molecule has 2 aliphatic heterocycles. The molecule has 2 aromatic rings. The van der Waals surface area contributed by atoms with E-state index in [0.717, 1.165) is 37.5 Å². The maximum absolute atomic E-state index is 13.6. The molecule has 4 heterocycles. The van der Waals surface area contributed by atoms with Crippen molar-refractivity contribution in [2.45, 2.75) is 30.7 Å². The predicted molar refractivity (Wildman–Crippen MR) is 90.5 cm³/mol. The van der Waals surface area contributed by atoms with Gasteiger partial charge in [0.2, 0.25) is 0 Å². The van der Waals surface area contributed by atoms with Gasteiger partial charge in [0, 0.05) is 47.3 Å². The lowest BCUT2D eigenvalue weighted by Gasteiger charge is -2.47. The van der Waals surface area contributed by atoms with Crippen molar-refractivity contribution in [3.63, 3.8) is 0 Å². The van der Waals surface area contributed by atoms with E-state index in [1.807, 2.05) is 18.7 Å². The van der Waals surface area contributed by atoms with Gasteiger partial charge in [-0.25, -0.2) is 14.4 Å². The molecule has 0 bridgehead atoms. The largest absolute Gasteiger partial charge is 0.471 e. The third-order valence-electron chi connectivity index (χ3n) is 4.23. The van der Waals surface area contributed by atoms with Crippen LogP contribution in [0.3, 0.4) is 0 Å². The third kappa shape index (κ3) is 3.22. The summed E-state index contributed by atoms with van der Waals surface area (Å²) in [6.45, 7) is 5.08. The number of hydrogen-bond acceptors (Lipinski definition) is 6. The van der Waals surface area contributed by atoms with Crippen LogP contribution in [0.15, 0.2) is 23.7 Å². The molecule has 122 valence electrons. The van der Waals surface area contributed by atoms with E-state index in [2.05, 4.69) is 20.2 Å². The molecule has 1 atom stereocenters. The van der Waals surface area contributed by atoms with Crippen molar-refractivity contribution >= 4 is 23.1 Å². The van der Waals surface area contributed by atoms with Crippen LogP contribution in [0.2, 0.25) is 0 Å². The molecule has 2 aliphatic rings. The number of rotatable bonds is 4. The fourth-order valence-corrected chi connectivity index (χ4v) is 5.65. The molecule has 7 heteroatoms. The Morgan fingerprint density at radius 2 is 2.35 bits per heavy atom. The van der Waals surface area contributed by atoms with E-state index in [-0.39, 0.29) is 22.5 Å². The third-order valence-corrected chi connectivity index (χ3v) is 6.75. The highest BCUT2D eigenvalue weighted by atomic mass is 32.2. The average Bonchev–Trinajstić information content (AvgIpc) is 3.08. The maximum atomic E-state index is 13.6. The minimum absolute atomic E-state index is 0.0497. The molecule has 2 saturated heterocycles. The number of nitrogens with zero attached hydrogens (tertiary/aromatic N) is 3. The standard InChI is InChI=1S/C16H18FN3OS2/c1-11-7-22-14(19-11)6-20-9-16(10-20)5-12(8-23-16)21-15-13(17)3-2-4-18-15/h2-4,7,12H,5-6,8-10H2,1H3/t12-/m0/s1. The van der Waals surface area contributed by atoms with Crippen LogP contribution in [0, 0.1) is 12.7 Å². The van der Waals surface area contributed by atoms with E-state index < -0.39 is 0 Å². The molecule has 23 heavy (non-hydrogen) atoms. The number of hydrogen-bond donors (Lipinski definition) is 0. The van der Waals surface area contributed by atoms with Gasteiger partial charge < -0.3 is 4.74 Å². The quantitative estimate of drug-likeness (QED) is 0.846. The summed E-state index contributed by atoms with van der Waals surface area (Å²) in [6.07, 6.45) is 2.58. The van der Waals surface area contributed by atoms with Gasteiger partial charge in [0.05, 0.1) is 6.54 Å². The highest BCUT2D eigenvalue weighted by molar-refractivity contribution is 8.01. The normalized spacial score (nSPS) is 23.1. The van der Waals surface area contributed by atoms with Gasteiger partial charge in [-0.15, -0.1) is 23.1 Å². The Morgan fingerprint density at radius 1 is 1.48 bits per heavy atom. The van der Waals surface area contributed by atoms with Crippen LogP contribution in [0.25, 0.3) is 0 Å². The molecule has 4 nitrogen and oxygen atoms in total. The SMILES string of the molecule is Cc1csc(CN2CC3(C[C@H](Oc4ncccc4F)CS3)C2)n1. The Labute approximate surface area is 143 Å². The Hall–Kier alpha value is -1.18. The van der Waals surface area contributed by atoms with Crippen LogP contribution >= 0.6 is 23.1 Å². The van der Waals surface area contributed by atoms with Gasteiger partial charge in [0.25, 0.3) is 5.88 Å². The second kappa shape index (κ2) is 6.03. The van der Waals surface area contributed by atoms with Gasteiger partial charge in [0.15, 0.2) is 5.82 Å². The summed E-state index contributed by atoms with van der Waals surface area (Å²) in [6, 6.07) is 2.97. The molecule has 0 radical (unpaired) electrons. The van der Waals surface area contributed by atoms with E-state index in [1.165, 1.54) is 11.1 Å². The summed E-state index contributed by atoms with van der Waals surface area (Å²) < 4.78 is 19.7. The molecule has 4 rings (SSSR count). The Balaban J connectivity index is 1.30. The van der Waals surface area contributed by atoms with Gasteiger partial charge >= 0.3 is 0 Å². The Bertz CT molecular complexity index is 702. The van der Waals surface area contributed by atoms with E-state index >= 15 is 0 Å². The molecule has 0 aliphatic carbocycles. The van der Waals surface area contributed by atoms with Crippen LogP contribution in [0.1, 0.15) is 17.1 Å². The first-order valence-electron chi connectivity index (χ1n) is 7.66. The maximum Gasteiger partial charge on any atom is 0.250 e. The monoisotopic (exact) mass is 351 g/mol. The minimum Gasteiger partial charge on any atom is -0.471 e. The second-order valence-corrected chi connectivity index (χ2v) is 8.69. The summed E-state index contributed by atoms with van der Waals surface area (Å²) in [5.41, 5.74) is 1.10. The summed E-state index contributed by atoms with van der Waals surface area (Å²) in [4.78, 5) is 10.9. The lowest BCUT2D eigenvalue weighted by atomic mass is 9.93. The number of likely N-dealkylation sites (tertiary alicyclic amines) is 1. The molecular formula is C16H18FN3OS2. The zero-order valence-electron chi connectivity index (χ0n) is 12.9. The van der Waals surface area contributed by atoms with Crippen molar-refractivity contribution in [1.29, 1.82) is 0 Å². The van der Waals surface area contributed by atoms with E-state index in [9.17, 15) is 4.39 Å². The highest BCUT2D eigenvalue weighted by Crippen LogP contribution is 2.46. The van der Waals surface area contributed by atoms with Gasteiger partial charge in [-0.3, -0.25) is 4.90 Å². The van der Waals surface area contributed by atoms with E-state index in [4.69, 9.17) is 4.74 Å². The predicted octanol–water partition coefficient (Wildman–Crippen LogP) is 3.12. The molecule has 2 aromatic heterocycles. The number of thiazole rings is 1. The van der Waals surface area contributed by atoms with Crippen LogP contribution in [-0.4, -0.2) is 44.6 Å². The topological polar surface area (TPSA) is 38.2 Å². The van der Waals surface area contributed by atoms with Gasteiger partial charge in [-0.1, -0.05) is 0 Å². The fourth-order valence-electron chi connectivity index (χ4n) is 3.26. The number of aryl methyl sites for hydroxylation is 1. The number of pyridine rings is 1. The molecule has 1 spiro atoms. The van der Waals surface area contributed by atoms with Crippen molar-refractivity contribution < 1.29 is 9.13 Å². The molecule has 0 N–H and O–H groups in total. The van der Waals surface area contributed by atoms with E-state index in [1.54, 1.807) is 23.6 Å². The van der Waals surface area contributed by atoms with Gasteiger partial charge in [-0.2, -0.15) is 0 Å². The molecule has 0 saturated carbocycles. The minimum atomic E-state index is -0.382. The average molecular weight is 351 g/mol. The molecule has 2 fully saturated rings. The Kier molecular flexibility index (Phi) is 4.03. The summed E-state index contributed by atoms with van der Waals surface area (Å²) in [5, 5.41) is 3.28. The van der Waals surface area contributed by atoms with Crippen molar-refractivity contribution in [1.82, 2.24) is 14.9 Å². The number of halogens is 1. The molecule has 0 amide bonds. The first kappa shape index (κ1) is 15.4. The molecule has 0 aromatic carbocycles. The van der Waals surface area contributed by atoms with Crippen LogP contribution in [-0.2, 0) is 6.54 Å². The fraction of sp³-hybridized carbons (Fsp3) is 0.500. The number of thioether (sulfide) groups is 1. The van der Waals surface area contributed by atoms with Crippen molar-refractivity contribution in [2.24, 2.45) is 0 Å². The molecular weight excluding hydrogens is 333 g/mol. The highest BCUT2D eigenvalue weighted by Gasteiger charge is 2.49. The van der Waals surface area contributed by atoms with Crippen molar-refractivity contribution in [3.05, 3.63) is 40.2 Å². The smallest absolute Gasteiger partial charge is 0.250 e. The lowest BCUT2D eigenvalue weighted by Crippen LogP contribution is -2.58. The summed E-state index contributed by atoms with van der Waals surface area (Å²) in [5.74, 6) is 0.651.